The molecular formula is C15H22O3. The summed E-state index contributed by atoms with van der Waals surface area (Å²) in [6, 6.07) is 6.05. The lowest BCUT2D eigenvalue weighted by Crippen LogP contribution is -2.19. The first kappa shape index (κ1) is 14.6. The fourth-order valence-corrected chi connectivity index (χ4v) is 1.68. The molecule has 3 nitrogen and oxygen atoms in total. The summed E-state index contributed by atoms with van der Waals surface area (Å²) >= 11 is 0. The monoisotopic (exact) mass is 250 g/mol. The van der Waals surface area contributed by atoms with Crippen LogP contribution in [0.15, 0.2) is 18.2 Å². The molecule has 18 heavy (non-hydrogen) atoms. The van der Waals surface area contributed by atoms with Gasteiger partial charge in [-0.1, -0.05) is 26.0 Å². The second-order valence-corrected chi connectivity index (χ2v) is 5.02. The molecule has 0 aromatic heterocycles. The molecular weight excluding hydrogens is 228 g/mol. The van der Waals surface area contributed by atoms with Crippen molar-refractivity contribution in [3.8, 4) is 5.75 Å². The Bertz CT molecular complexity index is 408. The predicted octanol–water partition coefficient (Wildman–Crippen LogP) is 3.45. The molecule has 0 fully saturated rings. The Morgan fingerprint density at radius 3 is 2.44 bits per heavy atom. The zero-order chi connectivity index (χ0) is 13.7. The number of rotatable bonds is 5. The van der Waals surface area contributed by atoms with Crippen LogP contribution in [0.25, 0.3) is 0 Å². The Balaban J connectivity index is 2.71. The molecule has 0 heterocycles. The van der Waals surface area contributed by atoms with Crippen LogP contribution < -0.4 is 4.74 Å². The average molecular weight is 250 g/mol. The Kier molecular flexibility index (Phi) is 5.20. The van der Waals surface area contributed by atoms with Gasteiger partial charge >= 0.3 is 5.97 Å². The average Bonchev–Trinajstić information content (AvgIpc) is 2.25. The van der Waals surface area contributed by atoms with Crippen LogP contribution in [0.2, 0.25) is 0 Å². The van der Waals surface area contributed by atoms with E-state index in [0.29, 0.717) is 5.92 Å². The maximum absolute atomic E-state index is 11.4. The summed E-state index contributed by atoms with van der Waals surface area (Å²) in [5.74, 6) is 0.800. The second kappa shape index (κ2) is 6.43. The number of esters is 1. The smallest absolute Gasteiger partial charge is 0.344 e. The van der Waals surface area contributed by atoms with E-state index in [1.807, 2.05) is 32.9 Å². The van der Waals surface area contributed by atoms with Gasteiger partial charge in [-0.05, 0) is 43.9 Å². The fourth-order valence-electron chi connectivity index (χ4n) is 1.68. The molecule has 0 amide bonds. The van der Waals surface area contributed by atoms with Crippen LogP contribution in [0.5, 0.6) is 5.75 Å². The van der Waals surface area contributed by atoms with Crippen LogP contribution in [-0.2, 0) is 9.53 Å². The molecule has 0 aliphatic heterocycles. The lowest BCUT2D eigenvalue weighted by Gasteiger charge is -2.15. The number of hydrogen-bond acceptors (Lipinski definition) is 3. The van der Waals surface area contributed by atoms with E-state index in [-0.39, 0.29) is 18.7 Å². The van der Waals surface area contributed by atoms with Crippen molar-refractivity contribution >= 4 is 5.97 Å². The van der Waals surface area contributed by atoms with Gasteiger partial charge in [0.1, 0.15) is 5.75 Å². The van der Waals surface area contributed by atoms with Crippen molar-refractivity contribution in [3.05, 3.63) is 29.3 Å². The van der Waals surface area contributed by atoms with Gasteiger partial charge in [0.25, 0.3) is 0 Å². The molecule has 0 bridgehead atoms. The van der Waals surface area contributed by atoms with E-state index in [1.165, 1.54) is 0 Å². The summed E-state index contributed by atoms with van der Waals surface area (Å²) < 4.78 is 10.6. The van der Waals surface area contributed by atoms with Crippen molar-refractivity contribution in [1.29, 1.82) is 0 Å². The minimum atomic E-state index is -0.332. The summed E-state index contributed by atoms with van der Waals surface area (Å²) in [6.45, 7) is 9.81. The van der Waals surface area contributed by atoms with Gasteiger partial charge in [-0.2, -0.15) is 0 Å². The van der Waals surface area contributed by atoms with Crippen molar-refractivity contribution in [2.24, 2.45) is 0 Å². The van der Waals surface area contributed by atoms with Crippen LogP contribution in [0, 0.1) is 6.92 Å². The minimum Gasteiger partial charge on any atom is -0.482 e. The highest BCUT2D eigenvalue weighted by Gasteiger charge is 2.11. The maximum atomic E-state index is 11.4. The number of hydrogen-bond donors (Lipinski definition) is 0. The van der Waals surface area contributed by atoms with E-state index in [1.54, 1.807) is 0 Å². The molecule has 1 aromatic carbocycles. The third kappa shape index (κ3) is 4.40. The highest BCUT2D eigenvalue weighted by molar-refractivity contribution is 5.71. The Morgan fingerprint density at radius 1 is 1.22 bits per heavy atom. The largest absolute Gasteiger partial charge is 0.482 e. The SMILES string of the molecule is Cc1ccc(C(C)C)c(OCC(=O)OC(C)C)c1. The molecule has 3 heteroatoms. The standard InChI is InChI=1S/C15H22O3/c1-10(2)13-7-6-12(5)8-14(13)17-9-15(16)18-11(3)4/h6-8,10-11H,9H2,1-5H3. The second-order valence-electron chi connectivity index (χ2n) is 5.02. The summed E-state index contributed by atoms with van der Waals surface area (Å²) in [5, 5.41) is 0. The Hall–Kier alpha value is -1.51. The molecule has 0 N–H and O–H groups in total. The summed E-state index contributed by atoms with van der Waals surface area (Å²) in [7, 11) is 0. The zero-order valence-corrected chi connectivity index (χ0v) is 11.8. The van der Waals surface area contributed by atoms with Crippen molar-refractivity contribution in [2.45, 2.75) is 46.6 Å². The van der Waals surface area contributed by atoms with Crippen molar-refractivity contribution in [2.75, 3.05) is 6.61 Å². The van der Waals surface area contributed by atoms with Crippen LogP contribution in [-0.4, -0.2) is 18.7 Å². The van der Waals surface area contributed by atoms with Gasteiger partial charge in [0.05, 0.1) is 6.10 Å². The molecule has 100 valence electrons. The van der Waals surface area contributed by atoms with E-state index in [0.717, 1.165) is 16.9 Å². The van der Waals surface area contributed by atoms with Crippen molar-refractivity contribution in [3.63, 3.8) is 0 Å². The van der Waals surface area contributed by atoms with Crippen molar-refractivity contribution < 1.29 is 14.3 Å². The summed E-state index contributed by atoms with van der Waals surface area (Å²) in [6.07, 6.45) is -0.108. The van der Waals surface area contributed by atoms with E-state index in [2.05, 4.69) is 19.9 Å². The number of carbonyl (C=O) groups is 1. The first-order valence-corrected chi connectivity index (χ1v) is 6.33. The quantitative estimate of drug-likeness (QED) is 0.751. The van der Waals surface area contributed by atoms with Gasteiger partial charge in [-0.25, -0.2) is 4.79 Å². The number of carbonyl (C=O) groups excluding carboxylic acids is 1. The predicted molar refractivity (Wildman–Crippen MR) is 72.0 cm³/mol. The summed E-state index contributed by atoms with van der Waals surface area (Å²) in [5.41, 5.74) is 2.23. The fraction of sp³-hybridized carbons (Fsp3) is 0.533. The highest BCUT2D eigenvalue weighted by Crippen LogP contribution is 2.27. The molecule has 0 radical (unpaired) electrons. The Morgan fingerprint density at radius 2 is 1.89 bits per heavy atom. The topological polar surface area (TPSA) is 35.5 Å². The van der Waals surface area contributed by atoms with Gasteiger partial charge < -0.3 is 9.47 Å². The van der Waals surface area contributed by atoms with Crippen LogP contribution >= 0.6 is 0 Å². The molecule has 0 unspecified atom stereocenters. The Labute approximate surface area is 109 Å². The van der Waals surface area contributed by atoms with Gasteiger partial charge in [0.15, 0.2) is 6.61 Å². The first-order valence-electron chi connectivity index (χ1n) is 6.33. The van der Waals surface area contributed by atoms with Gasteiger partial charge in [-0.3, -0.25) is 0 Å². The number of benzene rings is 1. The van der Waals surface area contributed by atoms with E-state index in [4.69, 9.17) is 9.47 Å². The zero-order valence-electron chi connectivity index (χ0n) is 11.8. The van der Waals surface area contributed by atoms with Crippen molar-refractivity contribution in [1.82, 2.24) is 0 Å². The number of aryl methyl sites for hydroxylation is 1. The van der Waals surface area contributed by atoms with Crippen LogP contribution in [0.4, 0.5) is 0 Å². The maximum Gasteiger partial charge on any atom is 0.344 e. The first-order chi connectivity index (χ1) is 8.40. The number of ether oxygens (including phenoxy) is 2. The minimum absolute atomic E-state index is 0.0403. The molecule has 0 aliphatic rings. The van der Waals surface area contributed by atoms with Gasteiger partial charge in [-0.15, -0.1) is 0 Å². The molecule has 0 spiro atoms. The van der Waals surface area contributed by atoms with E-state index >= 15 is 0 Å². The lowest BCUT2D eigenvalue weighted by atomic mass is 10.0. The van der Waals surface area contributed by atoms with Crippen LogP contribution in [0.1, 0.15) is 44.7 Å². The van der Waals surface area contributed by atoms with Gasteiger partial charge in [0.2, 0.25) is 0 Å². The third-order valence-electron chi connectivity index (χ3n) is 2.50. The van der Waals surface area contributed by atoms with E-state index in [9.17, 15) is 4.79 Å². The molecule has 0 saturated heterocycles. The third-order valence-corrected chi connectivity index (χ3v) is 2.50. The highest BCUT2D eigenvalue weighted by atomic mass is 16.6. The molecule has 0 atom stereocenters. The molecule has 0 saturated carbocycles. The molecule has 1 rings (SSSR count). The van der Waals surface area contributed by atoms with E-state index < -0.39 is 0 Å². The van der Waals surface area contributed by atoms with Gasteiger partial charge in [0, 0.05) is 0 Å². The normalized spacial score (nSPS) is 10.8. The van der Waals surface area contributed by atoms with Crippen LogP contribution in [0.3, 0.4) is 0 Å². The summed E-state index contributed by atoms with van der Waals surface area (Å²) in [4.78, 5) is 11.4. The molecule has 1 aromatic rings. The molecule has 0 aliphatic carbocycles. The lowest BCUT2D eigenvalue weighted by molar-refractivity contribution is -0.149.